The Morgan fingerprint density at radius 3 is 2.44 bits per heavy atom. The maximum atomic E-state index is 11.0. The molecule has 2 heteroatoms. The first-order valence-electron chi connectivity index (χ1n) is 5.39. The Balaban J connectivity index is 2.63. The zero-order valence-corrected chi connectivity index (χ0v) is 9.47. The largest absolute Gasteiger partial charge is 0.317 e. The summed E-state index contributed by atoms with van der Waals surface area (Å²) >= 11 is 0. The monoisotopic (exact) mass is 212 g/mol. The number of hydrogen-bond donors (Lipinski definition) is 0. The summed E-state index contributed by atoms with van der Waals surface area (Å²) < 4.78 is 0. The minimum absolute atomic E-state index is 0.114. The molecule has 81 valence electrons. The third-order valence-electron chi connectivity index (χ3n) is 2.64. The van der Waals surface area contributed by atoms with Crippen molar-refractivity contribution in [1.29, 1.82) is 0 Å². The Bertz CT molecular complexity index is 500. The smallest absolute Gasteiger partial charge is 0.301 e. The summed E-state index contributed by atoms with van der Waals surface area (Å²) in [6, 6.07) is 14.1. The van der Waals surface area contributed by atoms with E-state index < -0.39 is 0 Å². The van der Waals surface area contributed by atoms with E-state index in [0.29, 0.717) is 0 Å². The lowest BCUT2D eigenvalue weighted by Gasteiger charge is -2.22. The van der Waals surface area contributed by atoms with E-state index in [0.717, 1.165) is 16.5 Å². The number of nitrogens with zero attached hydrogens (tertiary/aromatic N) is 1. The van der Waals surface area contributed by atoms with Gasteiger partial charge in [-0.2, -0.15) is 0 Å². The molecule has 0 saturated heterocycles. The fraction of sp³-hybridized carbons (Fsp3) is 0.214. The molecule has 0 spiro atoms. The normalized spacial score (nSPS) is 10.7. The summed E-state index contributed by atoms with van der Waals surface area (Å²) in [7, 11) is 0. The number of benzene rings is 2. The van der Waals surface area contributed by atoms with Crippen molar-refractivity contribution in [2.75, 3.05) is 4.90 Å². The molecule has 1 radical (unpaired) electrons. The fourth-order valence-corrected chi connectivity index (χ4v) is 1.85. The highest BCUT2D eigenvalue weighted by atomic mass is 16.1. The molecular weight excluding hydrogens is 198 g/mol. The lowest BCUT2D eigenvalue weighted by molar-refractivity contribution is 0.546. The second kappa shape index (κ2) is 4.35. The Morgan fingerprint density at radius 1 is 1.06 bits per heavy atom. The molecule has 2 nitrogen and oxygen atoms in total. The molecule has 2 aromatic rings. The minimum atomic E-state index is 0.114. The lowest BCUT2D eigenvalue weighted by atomic mass is 10.1. The predicted molar refractivity (Wildman–Crippen MR) is 67.3 cm³/mol. The summed E-state index contributed by atoms with van der Waals surface area (Å²) in [6.07, 6.45) is 1.99. The molecule has 2 rings (SSSR count). The number of fused-ring (bicyclic) bond motifs is 1. The highest BCUT2D eigenvalue weighted by Crippen LogP contribution is 2.26. The van der Waals surface area contributed by atoms with E-state index in [4.69, 9.17) is 0 Å². The molecule has 2 aromatic carbocycles. The summed E-state index contributed by atoms with van der Waals surface area (Å²) in [5, 5.41) is 2.22. The van der Waals surface area contributed by atoms with E-state index in [2.05, 4.69) is 0 Å². The predicted octanol–water partition coefficient (Wildman–Crippen LogP) is 3.12. The molecular formula is C14H14NO. The van der Waals surface area contributed by atoms with Gasteiger partial charge in [0.25, 0.3) is 0 Å². The second-order valence-electron chi connectivity index (χ2n) is 4.05. The van der Waals surface area contributed by atoms with E-state index in [1.165, 1.54) is 0 Å². The van der Waals surface area contributed by atoms with Crippen molar-refractivity contribution in [2.24, 2.45) is 0 Å². The number of carbonyl (C=O) groups excluding carboxylic acids is 1. The first-order valence-corrected chi connectivity index (χ1v) is 5.39. The molecule has 0 saturated carbocycles. The van der Waals surface area contributed by atoms with Gasteiger partial charge in [0.05, 0.1) is 5.69 Å². The number of hydrogen-bond acceptors (Lipinski definition) is 1. The molecule has 0 aromatic heterocycles. The van der Waals surface area contributed by atoms with Gasteiger partial charge in [-0.3, -0.25) is 4.79 Å². The third-order valence-corrected chi connectivity index (χ3v) is 2.64. The summed E-state index contributed by atoms with van der Waals surface area (Å²) in [5.74, 6) is 0. The highest BCUT2D eigenvalue weighted by Gasteiger charge is 2.12. The van der Waals surface area contributed by atoms with Crippen molar-refractivity contribution in [3.63, 3.8) is 0 Å². The van der Waals surface area contributed by atoms with Crippen LogP contribution < -0.4 is 4.90 Å². The zero-order chi connectivity index (χ0) is 11.5. The van der Waals surface area contributed by atoms with Crippen molar-refractivity contribution in [1.82, 2.24) is 0 Å². The first-order chi connectivity index (χ1) is 7.74. The molecule has 1 amide bonds. The van der Waals surface area contributed by atoms with Crippen LogP contribution in [0.25, 0.3) is 10.8 Å². The molecule has 0 aliphatic rings. The maximum Gasteiger partial charge on any atom is 0.317 e. The third kappa shape index (κ3) is 1.78. The van der Waals surface area contributed by atoms with Crippen LogP contribution in [0.15, 0.2) is 42.5 Å². The Morgan fingerprint density at radius 2 is 1.75 bits per heavy atom. The van der Waals surface area contributed by atoms with Crippen LogP contribution in [0.5, 0.6) is 0 Å². The van der Waals surface area contributed by atoms with E-state index in [-0.39, 0.29) is 6.04 Å². The zero-order valence-electron chi connectivity index (χ0n) is 9.47. The summed E-state index contributed by atoms with van der Waals surface area (Å²) in [6.45, 7) is 3.96. The van der Waals surface area contributed by atoms with E-state index in [9.17, 15) is 4.79 Å². The van der Waals surface area contributed by atoms with E-state index >= 15 is 0 Å². The molecule has 0 unspecified atom stereocenters. The van der Waals surface area contributed by atoms with Crippen LogP contribution in [0.4, 0.5) is 5.69 Å². The number of anilines is 1. The van der Waals surface area contributed by atoms with Gasteiger partial charge in [0, 0.05) is 11.4 Å². The molecule has 0 N–H and O–H groups in total. The molecule has 0 bridgehead atoms. The van der Waals surface area contributed by atoms with Crippen molar-refractivity contribution in [2.45, 2.75) is 19.9 Å². The molecule has 0 atom stereocenters. The average Bonchev–Trinajstić information content (AvgIpc) is 2.30. The van der Waals surface area contributed by atoms with Gasteiger partial charge in [-0.25, -0.2) is 0 Å². The van der Waals surface area contributed by atoms with Crippen molar-refractivity contribution < 1.29 is 4.79 Å². The van der Waals surface area contributed by atoms with Crippen LogP contribution in [0.3, 0.4) is 0 Å². The number of amides is 1. The molecule has 16 heavy (non-hydrogen) atoms. The highest BCUT2D eigenvalue weighted by molar-refractivity contribution is 5.98. The van der Waals surface area contributed by atoms with Gasteiger partial charge in [-0.05, 0) is 25.3 Å². The van der Waals surface area contributed by atoms with Crippen LogP contribution in [0.2, 0.25) is 0 Å². The standard InChI is InChI=1S/C14H14NO/c1-11(2)15(10-16)14-9-5-7-12-6-3-4-8-13(12)14/h3-9,11H,1-2H3. The van der Waals surface area contributed by atoms with Gasteiger partial charge in [0.2, 0.25) is 0 Å². The molecule has 0 heterocycles. The van der Waals surface area contributed by atoms with Crippen LogP contribution >= 0.6 is 0 Å². The molecule has 0 fully saturated rings. The second-order valence-corrected chi connectivity index (χ2v) is 4.05. The van der Waals surface area contributed by atoms with Gasteiger partial charge in [0.1, 0.15) is 0 Å². The van der Waals surface area contributed by atoms with Gasteiger partial charge < -0.3 is 4.90 Å². The average molecular weight is 212 g/mol. The SMILES string of the molecule is CC(C)N([C]=O)c1cccc2ccccc12. The van der Waals surface area contributed by atoms with Gasteiger partial charge in [-0.1, -0.05) is 36.4 Å². The van der Waals surface area contributed by atoms with E-state index in [1.54, 1.807) is 4.90 Å². The van der Waals surface area contributed by atoms with Crippen molar-refractivity contribution in [3.05, 3.63) is 42.5 Å². The van der Waals surface area contributed by atoms with Crippen LogP contribution in [-0.2, 0) is 4.79 Å². The van der Waals surface area contributed by atoms with Gasteiger partial charge in [0.15, 0.2) is 0 Å². The van der Waals surface area contributed by atoms with Gasteiger partial charge >= 0.3 is 6.41 Å². The van der Waals surface area contributed by atoms with Crippen molar-refractivity contribution >= 4 is 22.9 Å². The Labute approximate surface area is 95.5 Å². The van der Waals surface area contributed by atoms with Gasteiger partial charge in [-0.15, -0.1) is 0 Å². The lowest BCUT2D eigenvalue weighted by Crippen LogP contribution is -2.28. The Hall–Kier alpha value is -1.83. The van der Waals surface area contributed by atoms with E-state index in [1.807, 2.05) is 62.7 Å². The Kier molecular flexibility index (Phi) is 2.91. The quantitative estimate of drug-likeness (QED) is 0.716. The maximum absolute atomic E-state index is 11.0. The first kappa shape index (κ1) is 10.7. The van der Waals surface area contributed by atoms with Crippen LogP contribution in [-0.4, -0.2) is 12.5 Å². The van der Waals surface area contributed by atoms with Crippen LogP contribution in [0.1, 0.15) is 13.8 Å². The number of rotatable bonds is 3. The summed E-state index contributed by atoms with van der Waals surface area (Å²) in [5.41, 5.74) is 0.920. The topological polar surface area (TPSA) is 20.3 Å². The van der Waals surface area contributed by atoms with Crippen LogP contribution in [0, 0.1) is 0 Å². The molecule has 0 aliphatic carbocycles. The fourth-order valence-electron chi connectivity index (χ4n) is 1.85. The minimum Gasteiger partial charge on any atom is -0.301 e. The molecule has 0 aliphatic heterocycles. The summed E-state index contributed by atoms with van der Waals surface area (Å²) in [4.78, 5) is 12.6. The van der Waals surface area contributed by atoms with Crippen molar-refractivity contribution in [3.8, 4) is 0 Å².